The monoisotopic (exact) mass is 466 g/mol. The molecule has 0 spiro atoms. The molecule has 2 aromatic heterocycles. The van der Waals surface area contributed by atoms with E-state index >= 15 is 0 Å². The normalized spacial score (nSPS) is 10.2. The number of nitrogens with zero attached hydrogens (tertiary/aromatic N) is 4. The van der Waals surface area contributed by atoms with Gasteiger partial charge in [-0.1, -0.05) is 18.7 Å². The van der Waals surface area contributed by atoms with E-state index in [-0.39, 0.29) is 11.8 Å². The van der Waals surface area contributed by atoms with Gasteiger partial charge in [0.2, 0.25) is 17.8 Å². The Hall–Kier alpha value is -5.12. The second kappa shape index (κ2) is 10.7. The Kier molecular flexibility index (Phi) is 7.02. The number of hydrogen-bond donors (Lipinski definition) is 4. The van der Waals surface area contributed by atoms with Gasteiger partial charge in [0.1, 0.15) is 12.1 Å². The molecule has 0 aliphatic carbocycles. The van der Waals surface area contributed by atoms with Crippen LogP contribution in [0.3, 0.4) is 0 Å². The Labute approximate surface area is 201 Å². The van der Waals surface area contributed by atoms with Crippen molar-refractivity contribution in [1.29, 1.82) is 0 Å². The first kappa shape index (κ1) is 23.1. The molecule has 10 nitrogen and oxygen atoms in total. The molecule has 35 heavy (non-hydrogen) atoms. The molecule has 0 saturated carbocycles. The zero-order valence-electron chi connectivity index (χ0n) is 18.8. The number of anilines is 6. The lowest BCUT2D eigenvalue weighted by molar-refractivity contribution is -0.111. The molecule has 0 unspecified atom stereocenters. The summed E-state index contributed by atoms with van der Waals surface area (Å²) < 4.78 is 0. The quantitative estimate of drug-likeness (QED) is 0.280. The highest BCUT2D eigenvalue weighted by atomic mass is 16.2. The van der Waals surface area contributed by atoms with Gasteiger partial charge in [-0.3, -0.25) is 9.59 Å². The van der Waals surface area contributed by atoms with Crippen molar-refractivity contribution in [1.82, 2.24) is 19.9 Å². The first-order chi connectivity index (χ1) is 17.0. The molecule has 4 aromatic rings. The van der Waals surface area contributed by atoms with Gasteiger partial charge in [-0.15, -0.1) is 0 Å². The van der Waals surface area contributed by atoms with Gasteiger partial charge in [-0.2, -0.15) is 4.98 Å². The fourth-order valence-electron chi connectivity index (χ4n) is 2.98. The lowest BCUT2D eigenvalue weighted by Gasteiger charge is -2.09. The van der Waals surface area contributed by atoms with Crippen molar-refractivity contribution in [3.63, 3.8) is 0 Å². The maximum Gasteiger partial charge on any atom is 0.256 e. The van der Waals surface area contributed by atoms with Gasteiger partial charge in [-0.05, 0) is 67.1 Å². The van der Waals surface area contributed by atoms with Crippen LogP contribution in [0.4, 0.5) is 34.8 Å². The molecule has 10 heteroatoms. The Morgan fingerprint density at radius 2 is 1.54 bits per heavy atom. The van der Waals surface area contributed by atoms with E-state index in [2.05, 4.69) is 47.8 Å². The average Bonchev–Trinajstić information content (AvgIpc) is 2.86. The van der Waals surface area contributed by atoms with Crippen LogP contribution in [-0.2, 0) is 4.79 Å². The highest BCUT2D eigenvalue weighted by molar-refractivity contribution is 6.04. The maximum atomic E-state index is 12.4. The van der Waals surface area contributed by atoms with E-state index in [1.165, 1.54) is 12.4 Å². The van der Waals surface area contributed by atoms with E-state index in [0.717, 1.165) is 5.56 Å². The van der Waals surface area contributed by atoms with E-state index in [0.29, 0.717) is 40.3 Å². The van der Waals surface area contributed by atoms with Crippen LogP contribution in [-0.4, -0.2) is 31.8 Å². The third-order valence-corrected chi connectivity index (χ3v) is 4.70. The molecule has 0 atom stereocenters. The van der Waals surface area contributed by atoms with Crippen molar-refractivity contribution in [2.75, 3.05) is 21.3 Å². The summed E-state index contributed by atoms with van der Waals surface area (Å²) in [6.07, 6.45) is 4.26. The van der Waals surface area contributed by atoms with Crippen LogP contribution in [0.2, 0.25) is 0 Å². The standard InChI is InChI=1S/C25H22N8O2/c1-3-22(34)29-19-5-4-6-20(13-19)31-25-28-15-27-24(33-25)30-18-10-8-17(9-11-18)23(35)32-21-12-7-16(2)14-26-21/h3-15H,1H2,2H3,(H,29,34)(H,26,32,35)(H2,27,28,30,31,33). The largest absolute Gasteiger partial charge is 0.324 e. The number of hydrogen-bond acceptors (Lipinski definition) is 8. The van der Waals surface area contributed by atoms with Crippen LogP contribution in [0.1, 0.15) is 15.9 Å². The fraction of sp³-hybridized carbons (Fsp3) is 0.0400. The predicted molar refractivity (Wildman–Crippen MR) is 135 cm³/mol. The van der Waals surface area contributed by atoms with E-state index in [1.807, 2.05) is 19.1 Å². The molecule has 2 amide bonds. The van der Waals surface area contributed by atoms with Gasteiger partial charge in [0, 0.05) is 28.8 Å². The van der Waals surface area contributed by atoms with Crippen LogP contribution >= 0.6 is 0 Å². The number of rotatable bonds is 8. The molecule has 4 rings (SSSR count). The van der Waals surface area contributed by atoms with Crippen LogP contribution < -0.4 is 21.3 Å². The molecule has 0 saturated heterocycles. The molecule has 2 heterocycles. The topological polar surface area (TPSA) is 134 Å². The molecule has 2 aromatic carbocycles. The van der Waals surface area contributed by atoms with Crippen molar-refractivity contribution < 1.29 is 9.59 Å². The van der Waals surface area contributed by atoms with Gasteiger partial charge in [0.05, 0.1) is 0 Å². The maximum absolute atomic E-state index is 12.4. The van der Waals surface area contributed by atoms with E-state index in [9.17, 15) is 9.59 Å². The number of benzene rings is 2. The Balaban J connectivity index is 1.39. The zero-order chi connectivity index (χ0) is 24.6. The third-order valence-electron chi connectivity index (χ3n) is 4.70. The molecule has 0 fully saturated rings. The van der Waals surface area contributed by atoms with E-state index in [1.54, 1.807) is 54.7 Å². The summed E-state index contributed by atoms with van der Waals surface area (Å²) in [6.45, 7) is 5.37. The zero-order valence-corrected chi connectivity index (χ0v) is 18.8. The third kappa shape index (κ3) is 6.45. The molecule has 0 radical (unpaired) electrons. The van der Waals surface area contributed by atoms with Crippen LogP contribution in [0.15, 0.2) is 85.8 Å². The lowest BCUT2D eigenvalue weighted by atomic mass is 10.2. The van der Waals surface area contributed by atoms with Crippen molar-refractivity contribution in [3.8, 4) is 0 Å². The van der Waals surface area contributed by atoms with Crippen molar-refractivity contribution >= 4 is 46.6 Å². The minimum atomic E-state index is -0.302. The summed E-state index contributed by atoms with van der Waals surface area (Å²) in [5.41, 5.74) is 3.48. The molecule has 0 bridgehead atoms. The summed E-state index contributed by atoms with van der Waals surface area (Å²) in [7, 11) is 0. The van der Waals surface area contributed by atoms with Crippen molar-refractivity contribution in [2.45, 2.75) is 6.92 Å². The molecule has 0 aliphatic heterocycles. The van der Waals surface area contributed by atoms with Gasteiger partial charge in [0.15, 0.2) is 0 Å². The summed E-state index contributed by atoms with van der Waals surface area (Å²) in [5, 5.41) is 11.6. The summed E-state index contributed by atoms with van der Waals surface area (Å²) >= 11 is 0. The van der Waals surface area contributed by atoms with Crippen molar-refractivity contribution in [2.24, 2.45) is 0 Å². The summed E-state index contributed by atoms with van der Waals surface area (Å²) in [4.78, 5) is 40.8. The van der Waals surface area contributed by atoms with Crippen LogP contribution in [0, 0.1) is 6.92 Å². The SMILES string of the molecule is C=CC(=O)Nc1cccc(Nc2ncnc(Nc3ccc(C(=O)Nc4ccc(C)cn4)cc3)n2)c1. The second-order valence-corrected chi connectivity index (χ2v) is 7.41. The van der Waals surface area contributed by atoms with E-state index in [4.69, 9.17) is 0 Å². The number of aromatic nitrogens is 4. The van der Waals surface area contributed by atoms with Crippen molar-refractivity contribution in [3.05, 3.63) is 97.0 Å². The van der Waals surface area contributed by atoms with Crippen LogP contribution in [0.25, 0.3) is 0 Å². The van der Waals surface area contributed by atoms with Gasteiger partial charge < -0.3 is 21.3 Å². The smallest absolute Gasteiger partial charge is 0.256 e. The highest BCUT2D eigenvalue weighted by Crippen LogP contribution is 2.20. The number of aryl methyl sites for hydroxylation is 1. The first-order valence-electron chi connectivity index (χ1n) is 10.6. The van der Waals surface area contributed by atoms with E-state index < -0.39 is 0 Å². The van der Waals surface area contributed by atoms with Crippen LogP contribution in [0.5, 0.6) is 0 Å². The van der Waals surface area contributed by atoms with Gasteiger partial charge in [0.25, 0.3) is 5.91 Å². The molecular weight excluding hydrogens is 444 g/mol. The first-order valence-corrected chi connectivity index (χ1v) is 10.6. The predicted octanol–water partition coefficient (Wildman–Crippen LogP) is 4.44. The number of carbonyl (C=O) groups excluding carboxylic acids is 2. The Morgan fingerprint density at radius 1 is 0.829 bits per heavy atom. The number of carbonyl (C=O) groups is 2. The Morgan fingerprint density at radius 3 is 2.23 bits per heavy atom. The summed E-state index contributed by atoms with van der Waals surface area (Å²) in [6, 6.07) is 17.6. The highest BCUT2D eigenvalue weighted by Gasteiger charge is 2.08. The summed E-state index contributed by atoms with van der Waals surface area (Å²) in [5.74, 6) is 0.563. The number of pyridine rings is 1. The molecule has 174 valence electrons. The lowest BCUT2D eigenvalue weighted by Crippen LogP contribution is -2.12. The molecule has 0 aliphatic rings. The number of amides is 2. The number of nitrogens with one attached hydrogen (secondary N) is 4. The van der Waals surface area contributed by atoms with Gasteiger partial charge >= 0.3 is 0 Å². The molecular formula is C25H22N8O2. The minimum absolute atomic E-state index is 0.258. The second-order valence-electron chi connectivity index (χ2n) is 7.41. The minimum Gasteiger partial charge on any atom is -0.324 e. The molecule has 4 N–H and O–H groups in total. The fourth-order valence-corrected chi connectivity index (χ4v) is 2.98. The van der Waals surface area contributed by atoms with Gasteiger partial charge in [-0.25, -0.2) is 15.0 Å². The average molecular weight is 467 g/mol. The Bertz CT molecular complexity index is 1350.